The number of hydrogen-bond donors (Lipinski definition) is 0. The summed E-state index contributed by atoms with van der Waals surface area (Å²) >= 11 is 0. The molecule has 0 N–H and O–H groups in total. The van der Waals surface area contributed by atoms with Gasteiger partial charge in [-0.05, 0) is 36.3 Å². The number of carbonyl (C=O) groups excluding carboxylic acids is 1. The summed E-state index contributed by atoms with van der Waals surface area (Å²) in [5, 5.41) is 1.33. The molecule has 4 nitrogen and oxygen atoms in total. The first-order valence-electron chi connectivity index (χ1n) is 9.18. The van der Waals surface area contributed by atoms with Crippen LogP contribution in [0, 0.1) is 11.8 Å². The molecule has 0 spiro atoms. The molecule has 1 aromatic heterocycles. The van der Waals surface area contributed by atoms with E-state index in [1.165, 1.54) is 29.3 Å². The first-order chi connectivity index (χ1) is 11.7. The number of methoxy groups -OCH3 is 1. The third-order valence-corrected chi connectivity index (χ3v) is 6.68. The van der Waals surface area contributed by atoms with E-state index in [1.54, 1.807) is 0 Å². The third-order valence-electron chi connectivity index (χ3n) is 6.68. The monoisotopic (exact) mass is 324 g/mol. The van der Waals surface area contributed by atoms with E-state index < -0.39 is 0 Å². The molecule has 2 unspecified atom stereocenters. The summed E-state index contributed by atoms with van der Waals surface area (Å²) in [7, 11) is 1.53. The number of esters is 1. The Morgan fingerprint density at radius 3 is 2.96 bits per heavy atom. The third kappa shape index (κ3) is 1.70. The molecular weight excluding hydrogens is 300 g/mol. The minimum Gasteiger partial charge on any atom is -0.467 e. The summed E-state index contributed by atoms with van der Waals surface area (Å²) in [6, 6.07) is 8.92. The fourth-order valence-corrected chi connectivity index (χ4v) is 5.64. The van der Waals surface area contributed by atoms with Crippen LogP contribution in [-0.4, -0.2) is 35.6 Å². The minimum atomic E-state index is -0.162. The minimum absolute atomic E-state index is 0.0699. The van der Waals surface area contributed by atoms with Gasteiger partial charge in [0.1, 0.15) is 6.04 Å². The molecule has 0 amide bonds. The summed E-state index contributed by atoms with van der Waals surface area (Å²) in [5.41, 5.74) is 4.07. The zero-order valence-electron chi connectivity index (χ0n) is 14.4. The molecule has 1 fully saturated rings. The van der Waals surface area contributed by atoms with Crippen LogP contribution < -0.4 is 0 Å². The number of benzene rings is 1. The molecule has 3 aliphatic heterocycles. The normalized spacial score (nSPS) is 31.2. The van der Waals surface area contributed by atoms with Gasteiger partial charge < -0.3 is 9.30 Å². The van der Waals surface area contributed by atoms with E-state index >= 15 is 0 Å². The second-order valence-electron chi connectivity index (χ2n) is 7.55. The highest BCUT2D eigenvalue weighted by atomic mass is 16.5. The first-order valence-corrected chi connectivity index (χ1v) is 9.18. The van der Waals surface area contributed by atoms with E-state index in [2.05, 4.69) is 40.7 Å². The van der Waals surface area contributed by atoms with Gasteiger partial charge in [0.05, 0.1) is 13.2 Å². The van der Waals surface area contributed by atoms with Gasteiger partial charge in [0.25, 0.3) is 0 Å². The van der Waals surface area contributed by atoms with Crippen molar-refractivity contribution in [1.29, 1.82) is 0 Å². The topological polar surface area (TPSA) is 34.5 Å². The van der Waals surface area contributed by atoms with E-state index in [1.807, 2.05) is 0 Å². The molecule has 1 saturated heterocycles. The van der Waals surface area contributed by atoms with Crippen molar-refractivity contribution in [2.75, 3.05) is 20.2 Å². The van der Waals surface area contributed by atoms with Crippen LogP contribution in [0.25, 0.3) is 10.9 Å². The summed E-state index contributed by atoms with van der Waals surface area (Å²) in [6.07, 6.45) is 3.32. The maximum atomic E-state index is 12.8. The SMILES string of the molecule is CC[C@@H]1CN2CCc3c4n(c5ccccc35)[C@H](C(=O)OC)C1CC42. The first kappa shape index (κ1) is 14.5. The van der Waals surface area contributed by atoms with Crippen LogP contribution in [0.5, 0.6) is 0 Å². The highest BCUT2D eigenvalue weighted by molar-refractivity contribution is 5.89. The summed E-state index contributed by atoms with van der Waals surface area (Å²) < 4.78 is 7.61. The van der Waals surface area contributed by atoms with E-state index in [0.29, 0.717) is 17.9 Å². The van der Waals surface area contributed by atoms with E-state index in [4.69, 9.17) is 4.74 Å². The lowest BCUT2D eigenvalue weighted by Gasteiger charge is -2.52. The van der Waals surface area contributed by atoms with Crippen molar-refractivity contribution in [3.05, 3.63) is 35.5 Å². The standard InChI is InChI=1S/C20H24N2O2/c1-3-12-11-21-9-8-14-13-6-4-5-7-16(13)22-18(14)17(21)10-15(12)19(22)20(23)24-2/h4-7,12,15,17,19H,3,8-11H2,1-2H3/t12-,15?,17?,19+/m1/s1. The molecule has 2 bridgehead atoms. The van der Waals surface area contributed by atoms with Crippen molar-refractivity contribution in [3.8, 4) is 0 Å². The zero-order valence-corrected chi connectivity index (χ0v) is 14.4. The van der Waals surface area contributed by atoms with Crippen molar-refractivity contribution in [3.63, 3.8) is 0 Å². The maximum absolute atomic E-state index is 12.8. The average Bonchev–Trinajstić information content (AvgIpc) is 2.96. The summed E-state index contributed by atoms with van der Waals surface area (Å²) in [6.45, 7) is 4.54. The van der Waals surface area contributed by atoms with Gasteiger partial charge in [-0.2, -0.15) is 0 Å². The number of ether oxygens (including phenoxy) is 1. The Balaban J connectivity index is 1.83. The van der Waals surface area contributed by atoms with E-state index in [0.717, 1.165) is 32.4 Å². The Labute approximate surface area is 142 Å². The van der Waals surface area contributed by atoms with Gasteiger partial charge in [0.15, 0.2) is 0 Å². The Morgan fingerprint density at radius 1 is 1.33 bits per heavy atom. The smallest absolute Gasteiger partial charge is 0.329 e. The van der Waals surface area contributed by atoms with E-state index in [9.17, 15) is 4.79 Å². The number of carbonyl (C=O) groups is 1. The molecule has 24 heavy (non-hydrogen) atoms. The van der Waals surface area contributed by atoms with Gasteiger partial charge in [-0.15, -0.1) is 0 Å². The number of piperidine rings is 1. The van der Waals surface area contributed by atoms with Crippen LogP contribution in [0.15, 0.2) is 24.3 Å². The summed E-state index contributed by atoms with van der Waals surface area (Å²) in [5.74, 6) is 0.888. The van der Waals surface area contributed by atoms with Crippen LogP contribution >= 0.6 is 0 Å². The molecule has 0 aliphatic carbocycles. The van der Waals surface area contributed by atoms with Gasteiger partial charge in [0.2, 0.25) is 0 Å². The highest BCUT2D eigenvalue weighted by Crippen LogP contribution is 2.53. The van der Waals surface area contributed by atoms with Gasteiger partial charge >= 0.3 is 5.97 Å². The molecule has 3 aliphatic rings. The number of nitrogens with zero attached hydrogens (tertiary/aromatic N) is 2. The van der Waals surface area contributed by atoms with Crippen LogP contribution in [0.4, 0.5) is 0 Å². The lowest BCUT2D eigenvalue weighted by atomic mass is 9.71. The molecule has 4 atom stereocenters. The van der Waals surface area contributed by atoms with Gasteiger partial charge in [-0.25, -0.2) is 4.79 Å². The Morgan fingerprint density at radius 2 is 2.17 bits per heavy atom. The fraction of sp³-hybridized carbons (Fsp3) is 0.550. The number of aromatic nitrogens is 1. The average molecular weight is 324 g/mol. The largest absolute Gasteiger partial charge is 0.467 e. The number of hydrogen-bond acceptors (Lipinski definition) is 3. The molecule has 0 radical (unpaired) electrons. The number of fused-ring (bicyclic) bond motifs is 4. The predicted octanol–water partition coefficient (Wildman–Crippen LogP) is 3.31. The van der Waals surface area contributed by atoms with Gasteiger partial charge in [-0.1, -0.05) is 31.5 Å². The lowest BCUT2D eigenvalue weighted by Crippen LogP contribution is -2.53. The van der Waals surface area contributed by atoms with Crippen molar-refractivity contribution < 1.29 is 9.53 Å². The highest BCUT2D eigenvalue weighted by Gasteiger charge is 2.51. The quantitative estimate of drug-likeness (QED) is 0.795. The second-order valence-corrected chi connectivity index (χ2v) is 7.55. The molecule has 126 valence electrons. The molecular formula is C20H24N2O2. The lowest BCUT2D eigenvalue weighted by molar-refractivity contribution is -0.150. The van der Waals surface area contributed by atoms with Crippen LogP contribution in [0.1, 0.15) is 43.1 Å². The van der Waals surface area contributed by atoms with E-state index in [-0.39, 0.29) is 12.0 Å². The van der Waals surface area contributed by atoms with Crippen LogP contribution in [0.2, 0.25) is 0 Å². The Bertz CT molecular complexity index is 824. The second kappa shape index (κ2) is 5.09. The molecule has 5 rings (SSSR count). The van der Waals surface area contributed by atoms with Crippen molar-refractivity contribution >= 4 is 16.9 Å². The van der Waals surface area contributed by atoms with Gasteiger partial charge in [0, 0.05) is 29.7 Å². The van der Waals surface area contributed by atoms with Crippen LogP contribution in [-0.2, 0) is 16.0 Å². The Kier molecular flexibility index (Phi) is 3.08. The number of para-hydroxylation sites is 1. The maximum Gasteiger partial charge on any atom is 0.329 e. The van der Waals surface area contributed by atoms with Crippen molar-refractivity contribution in [1.82, 2.24) is 9.47 Å². The number of rotatable bonds is 2. The van der Waals surface area contributed by atoms with Crippen LogP contribution in [0.3, 0.4) is 0 Å². The Hall–Kier alpha value is -1.81. The fourth-order valence-electron chi connectivity index (χ4n) is 5.64. The molecule has 1 aromatic carbocycles. The van der Waals surface area contributed by atoms with Crippen molar-refractivity contribution in [2.45, 2.75) is 38.3 Å². The predicted molar refractivity (Wildman–Crippen MR) is 92.9 cm³/mol. The van der Waals surface area contributed by atoms with Crippen molar-refractivity contribution in [2.24, 2.45) is 11.8 Å². The molecule has 4 heteroatoms. The van der Waals surface area contributed by atoms with Gasteiger partial charge in [-0.3, -0.25) is 4.90 Å². The zero-order chi connectivity index (χ0) is 16.4. The summed E-state index contributed by atoms with van der Waals surface area (Å²) in [4.78, 5) is 15.4. The molecule has 0 saturated carbocycles. The molecule has 2 aromatic rings. The molecule has 4 heterocycles.